The zero-order valence-corrected chi connectivity index (χ0v) is 22.1. The van der Waals surface area contributed by atoms with Gasteiger partial charge >= 0.3 is 6.09 Å². The van der Waals surface area contributed by atoms with Crippen molar-refractivity contribution in [3.63, 3.8) is 0 Å². The summed E-state index contributed by atoms with van der Waals surface area (Å²) in [5.41, 5.74) is 3.10. The number of carbonyl (C=O) groups excluding carboxylic acids is 2. The molecule has 5 rings (SSSR count). The van der Waals surface area contributed by atoms with Gasteiger partial charge in [-0.3, -0.25) is 9.20 Å². The first-order valence-electron chi connectivity index (χ1n) is 13.0. The Morgan fingerprint density at radius 2 is 1.81 bits per heavy atom. The SMILES string of the molecule is CCc1cn2c(-c3ccc(N4CCN(C(=O)OC(C)(C)C)CC4)nc3)cnc(N3CCCC(=O)C3)c2n1. The van der Waals surface area contributed by atoms with Crippen LogP contribution < -0.4 is 9.80 Å². The highest BCUT2D eigenvalue weighted by atomic mass is 16.6. The lowest BCUT2D eigenvalue weighted by Gasteiger charge is -2.36. The van der Waals surface area contributed by atoms with Crippen LogP contribution in [0.1, 0.15) is 46.2 Å². The van der Waals surface area contributed by atoms with Crippen LogP contribution in [0.2, 0.25) is 0 Å². The highest BCUT2D eigenvalue weighted by molar-refractivity contribution is 5.86. The van der Waals surface area contributed by atoms with Crippen LogP contribution in [0.15, 0.2) is 30.7 Å². The molecule has 2 aliphatic rings. The number of nitrogens with zero attached hydrogens (tertiary/aromatic N) is 7. The van der Waals surface area contributed by atoms with Crippen molar-refractivity contribution in [2.45, 2.75) is 52.6 Å². The molecule has 37 heavy (non-hydrogen) atoms. The Kier molecular flexibility index (Phi) is 6.74. The number of aryl methyl sites for hydroxylation is 1. The number of hydrogen-bond donors (Lipinski definition) is 0. The number of piperazine rings is 1. The predicted octanol–water partition coefficient (Wildman–Crippen LogP) is 3.58. The number of piperidine rings is 1. The van der Waals surface area contributed by atoms with Crippen LogP contribution in [0.25, 0.3) is 16.9 Å². The molecule has 0 aromatic carbocycles. The molecule has 0 bridgehead atoms. The average molecular weight is 506 g/mol. The fourth-order valence-electron chi connectivity index (χ4n) is 4.81. The summed E-state index contributed by atoms with van der Waals surface area (Å²) in [6, 6.07) is 4.06. The van der Waals surface area contributed by atoms with E-state index in [1.807, 2.05) is 50.3 Å². The van der Waals surface area contributed by atoms with Gasteiger partial charge in [0.2, 0.25) is 0 Å². The second-order valence-electron chi connectivity index (χ2n) is 10.7. The lowest BCUT2D eigenvalue weighted by molar-refractivity contribution is -0.118. The molecule has 2 saturated heterocycles. The topological polar surface area (TPSA) is 96.2 Å². The van der Waals surface area contributed by atoms with E-state index in [-0.39, 0.29) is 11.9 Å². The summed E-state index contributed by atoms with van der Waals surface area (Å²) < 4.78 is 7.57. The second-order valence-corrected chi connectivity index (χ2v) is 10.7. The first-order chi connectivity index (χ1) is 17.7. The van der Waals surface area contributed by atoms with E-state index in [0.29, 0.717) is 39.1 Å². The zero-order chi connectivity index (χ0) is 26.2. The van der Waals surface area contributed by atoms with Crippen LogP contribution >= 0.6 is 0 Å². The molecule has 196 valence electrons. The molecule has 3 aromatic heterocycles. The minimum atomic E-state index is -0.498. The maximum atomic E-state index is 12.4. The van der Waals surface area contributed by atoms with Gasteiger partial charge in [-0.05, 0) is 45.7 Å². The minimum absolute atomic E-state index is 0.240. The van der Waals surface area contributed by atoms with Crippen molar-refractivity contribution in [3.05, 3.63) is 36.4 Å². The van der Waals surface area contributed by atoms with Crippen molar-refractivity contribution in [1.29, 1.82) is 0 Å². The molecular weight excluding hydrogens is 470 g/mol. The maximum absolute atomic E-state index is 12.4. The summed E-state index contributed by atoms with van der Waals surface area (Å²) in [6.45, 7) is 11.5. The number of Topliss-reactive ketones (excluding diaryl/α,β-unsaturated/α-hetero) is 1. The highest BCUT2D eigenvalue weighted by Crippen LogP contribution is 2.28. The molecule has 5 heterocycles. The van der Waals surface area contributed by atoms with E-state index < -0.39 is 5.60 Å². The molecule has 0 aliphatic carbocycles. The monoisotopic (exact) mass is 505 g/mol. The minimum Gasteiger partial charge on any atom is -0.444 e. The standard InChI is InChI=1S/C27H35N7O3/c1-5-20-17-34-22(16-29-24(25(34)30-20)33-10-6-7-21(35)18-33)19-8-9-23(28-15-19)31-11-13-32(14-12-31)26(36)37-27(2,3)4/h8-9,15-17H,5-7,10-14,18H2,1-4H3. The molecule has 10 nitrogen and oxygen atoms in total. The first-order valence-corrected chi connectivity index (χ1v) is 13.0. The van der Waals surface area contributed by atoms with E-state index >= 15 is 0 Å². The molecule has 0 saturated carbocycles. The molecule has 2 fully saturated rings. The number of ether oxygens (including phenoxy) is 1. The Labute approximate surface area is 217 Å². The van der Waals surface area contributed by atoms with Gasteiger partial charge in [-0.2, -0.15) is 0 Å². The number of amides is 1. The number of aromatic nitrogens is 4. The quantitative estimate of drug-likeness (QED) is 0.531. The molecule has 10 heteroatoms. The number of fused-ring (bicyclic) bond motifs is 1. The normalized spacial score (nSPS) is 17.0. The maximum Gasteiger partial charge on any atom is 0.410 e. The highest BCUT2D eigenvalue weighted by Gasteiger charge is 2.27. The van der Waals surface area contributed by atoms with Gasteiger partial charge in [-0.25, -0.2) is 19.7 Å². The number of rotatable bonds is 4. The van der Waals surface area contributed by atoms with Crippen LogP contribution in [0.4, 0.5) is 16.4 Å². The van der Waals surface area contributed by atoms with Gasteiger partial charge in [-0.15, -0.1) is 0 Å². The Balaban J connectivity index is 1.34. The van der Waals surface area contributed by atoms with Crippen LogP contribution in [0, 0.1) is 0 Å². The van der Waals surface area contributed by atoms with E-state index in [1.54, 1.807) is 4.90 Å². The summed E-state index contributed by atoms with van der Waals surface area (Å²) in [6.07, 6.45) is 7.77. The fourth-order valence-corrected chi connectivity index (χ4v) is 4.81. The number of pyridine rings is 1. The van der Waals surface area contributed by atoms with E-state index in [4.69, 9.17) is 19.7 Å². The summed E-state index contributed by atoms with van der Waals surface area (Å²) in [7, 11) is 0. The average Bonchev–Trinajstić information content (AvgIpc) is 3.32. The summed E-state index contributed by atoms with van der Waals surface area (Å²) >= 11 is 0. The first kappa shape index (κ1) is 25.0. The van der Waals surface area contributed by atoms with Crippen molar-refractivity contribution in [2.75, 3.05) is 49.1 Å². The molecule has 1 amide bonds. The number of hydrogen-bond acceptors (Lipinski definition) is 8. The van der Waals surface area contributed by atoms with Crippen molar-refractivity contribution in [1.82, 2.24) is 24.3 Å². The van der Waals surface area contributed by atoms with Gasteiger partial charge in [0.15, 0.2) is 17.2 Å². The van der Waals surface area contributed by atoms with Crippen molar-refractivity contribution < 1.29 is 14.3 Å². The van der Waals surface area contributed by atoms with Gasteiger partial charge in [0, 0.05) is 57.1 Å². The van der Waals surface area contributed by atoms with E-state index in [2.05, 4.69) is 22.3 Å². The number of carbonyl (C=O) groups is 2. The van der Waals surface area contributed by atoms with E-state index in [9.17, 15) is 9.59 Å². The molecule has 0 unspecified atom stereocenters. The molecule has 0 spiro atoms. The van der Waals surface area contributed by atoms with Crippen LogP contribution in [-0.2, 0) is 16.0 Å². The third-order valence-corrected chi connectivity index (χ3v) is 6.74. The zero-order valence-electron chi connectivity index (χ0n) is 22.1. The van der Waals surface area contributed by atoms with Crippen LogP contribution in [0.3, 0.4) is 0 Å². The second kappa shape index (κ2) is 9.99. The number of imidazole rings is 1. The van der Waals surface area contributed by atoms with Gasteiger partial charge in [0.1, 0.15) is 11.4 Å². The molecular formula is C27H35N7O3. The lowest BCUT2D eigenvalue weighted by Crippen LogP contribution is -2.50. The van der Waals surface area contributed by atoms with Gasteiger partial charge in [0.25, 0.3) is 0 Å². The predicted molar refractivity (Wildman–Crippen MR) is 142 cm³/mol. The van der Waals surface area contributed by atoms with E-state index in [0.717, 1.165) is 53.6 Å². The molecule has 2 aliphatic heterocycles. The molecule has 0 N–H and O–H groups in total. The van der Waals surface area contributed by atoms with Crippen LogP contribution in [-0.4, -0.2) is 81.0 Å². The Morgan fingerprint density at radius 3 is 2.46 bits per heavy atom. The lowest BCUT2D eigenvalue weighted by atomic mass is 10.1. The summed E-state index contributed by atoms with van der Waals surface area (Å²) in [4.78, 5) is 44.7. The fraction of sp³-hybridized carbons (Fsp3) is 0.519. The van der Waals surface area contributed by atoms with E-state index in [1.165, 1.54) is 0 Å². The number of anilines is 2. The Morgan fingerprint density at radius 1 is 1.03 bits per heavy atom. The van der Waals surface area contributed by atoms with Crippen molar-refractivity contribution in [2.24, 2.45) is 0 Å². The van der Waals surface area contributed by atoms with Gasteiger partial charge < -0.3 is 19.4 Å². The third-order valence-electron chi connectivity index (χ3n) is 6.74. The molecule has 0 atom stereocenters. The Bertz CT molecular complexity index is 1290. The van der Waals surface area contributed by atoms with Crippen molar-refractivity contribution >= 4 is 29.2 Å². The summed E-state index contributed by atoms with van der Waals surface area (Å²) in [5.74, 6) is 1.87. The molecule has 0 radical (unpaired) electrons. The summed E-state index contributed by atoms with van der Waals surface area (Å²) in [5, 5.41) is 0. The smallest absolute Gasteiger partial charge is 0.410 e. The number of ketones is 1. The Hall–Kier alpha value is -3.69. The van der Waals surface area contributed by atoms with Gasteiger partial charge in [-0.1, -0.05) is 6.92 Å². The largest absolute Gasteiger partial charge is 0.444 e. The van der Waals surface area contributed by atoms with Crippen LogP contribution in [0.5, 0.6) is 0 Å². The van der Waals surface area contributed by atoms with Crippen molar-refractivity contribution in [3.8, 4) is 11.3 Å². The third kappa shape index (κ3) is 5.38. The molecule has 3 aromatic rings. The van der Waals surface area contributed by atoms with Gasteiger partial charge in [0.05, 0.1) is 24.1 Å².